The average Bonchev–Trinajstić information content (AvgIpc) is 2.15. The molecule has 13 heavy (non-hydrogen) atoms. The number of thioether (sulfide) groups is 2. The van der Waals surface area contributed by atoms with E-state index in [0.717, 1.165) is 6.54 Å². The van der Waals surface area contributed by atoms with Crippen molar-refractivity contribution in [2.45, 2.75) is 18.2 Å². The number of rotatable bonds is 4. The van der Waals surface area contributed by atoms with Gasteiger partial charge in [-0.3, -0.25) is 4.79 Å². The summed E-state index contributed by atoms with van der Waals surface area (Å²) in [5, 5.41) is 3.78. The number of carbonyl (C=O) groups excluding carboxylic acids is 1. The Balaban J connectivity index is 2.13. The first-order valence-corrected chi connectivity index (χ1v) is 6.62. The Kier molecular flexibility index (Phi) is 4.98. The van der Waals surface area contributed by atoms with E-state index in [2.05, 4.69) is 5.32 Å². The number of carbonyl (C=O) groups is 1. The fourth-order valence-electron chi connectivity index (χ4n) is 1.06. The molecule has 0 spiro atoms. The van der Waals surface area contributed by atoms with Crippen molar-refractivity contribution in [2.75, 3.05) is 23.8 Å². The van der Waals surface area contributed by atoms with Gasteiger partial charge in [0.15, 0.2) is 0 Å². The van der Waals surface area contributed by atoms with Crippen LogP contribution >= 0.6 is 23.5 Å². The van der Waals surface area contributed by atoms with Gasteiger partial charge in [0.25, 0.3) is 0 Å². The van der Waals surface area contributed by atoms with Gasteiger partial charge in [-0.25, -0.2) is 0 Å². The maximum Gasteiger partial charge on any atom is 0.234 e. The molecule has 0 aromatic carbocycles. The highest BCUT2D eigenvalue weighted by molar-refractivity contribution is 8.06. The summed E-state index contributed by atoms with van der Waals surface area (Å²) in [7, 11) is 0. The van der Waals surface area contributed by atoms with Gasteiger partial charge in [-0.2, -0.15) is 23.5 Å². The molecule has 1 aliphatic rings. The second-order valence-corrected chi connectivity index (χ2v) is 5.66. The molecule has 1 saturated heterocycles. The Morgan fingerprint density at radius 1 is 1.69 bits per heavy atom. The van der Waals surface area contributed by atoms with Gasteiger partial charge in [-0.15, -0.1) is 0 Å². The van der Waals surface area contributed by atoms with E-state index in [-0.39, 0.29) is 11.9 Å². The second kappa shape index (κ2) is 5.78. The molecule has 0 radical (unpaired) electrons. The van der Waals surface area contributed by atoms with Crippen molar-refractivity contribution in [3.63, 3.8) is 0 Å². The van der Waals surface area contributed by atoms with Crippen LogP contribution in [0.3, 0.4) is 0 Å². The molecule has 1 amide bonds. The molecule has 0 aromatic rings. The van der Waals surface area contributed by atoms with Gasteiger partial charge >= 0.3 is 0 Å². The molecule has 76 valence electrons. The molecule has 1 heterocycles. The Labute approximate surface area is 87.6 Å². The van der Waals surface area contributed by atoms with Crippen LogP contribution in [0.1, 0.15) is 6.92 Å². The lowest BCUT2D eigenvalue weighted by molar-refractivity contribution is -0.119. The maximum atomic E-state index is 10.7. The van der Waals surface area contributed by atoms with Crippen molar-refractivity contribution in [1.29, 1.82) is 0 Å². The van der Waals surface area contributed by atoms with Crippen molar-refractivity contribution >= 4 is 29.4 Å². The Morgan fingerprint density at radius 3 is 3.00 bits per heavy atom. The van der Waals surface area contributed by atoms with Crippen LogP contribution < -0.4 is 11.1 Å². The van der Waals surface area contributed by atoms with Crippen LogP contribution in [0.2, 0.25) is 0 Å². The first kappa shape index (κ1) is 11.2. The van der Waals surface area contributed by atoms with E-state index < -0.39 is 0 Å². The second-order valence-electron chi connectivity index (χ2n) is 3.10. The number of hydrogen-bond acceptors (Lipinski definition) is 4. The first-order chi connectivity index (χ1) is 6.20. The highest BCUT2D eigenvalue weighted by atomic mass is 32.2. The van der Waals surface area contributed by atoms with Gasteiger partial charge in [0, 0.05) is 29.1 Å². The number of nitrogens with two attached hydrogens (primary N) is 1. The van der Waals surface area contributed by atoms with Gasteiger partial charge in [0.1, 0.15) is 0 Å². The largest absolute Gasteiger partial charge is 0.368 e. The number of primary amides is 1. The van der Waals surface area contributed by atoms with E-state index in [4.69, 9.17) is 5.73 Å². The van der Waals surface area contributed by atoms with Crippen LogP contribution in [0.25, 0.3) is 0 Å². The van der Waals surface area contributed by atoms with Crippen LogP contribution in [0, 0.1) is 0 Å². The zero-order valence-corrected chi connectivity index (χ0v) is 9.42. The summed E-state index contributed by atoms with van der Waals surface area (Å²) in [4.78, 5) is 10.7. The van der Waals surface area contributed by atoms with Crippen molar-refractivity contribution in [3.8, 4) is 0 Å². The Hall–Kier alpha value is 0.130. The summed E-state index contributed by atoms with van der Waals surface area (Å²) in [5.41, 5.74) is 5.14. The minimum absolute atomic E-state index is 0.201. The van der Waals surface area contributed by atoms with Crippen molar-refractivity contribution in [2.24, 2.45) is 5.73 Å². The third-order valence-corrected chi connectivity index (χ3v) is 4.81. The molecule has 1 rings (SSSR count). The molecule has 0 saturated carbocycles. The van der Waals surface area contributed by atoms with Crippen LogP contribution in [0.4, 0.5) is 0 Å². The van der Waals surface area contributed by atoms with Crippen LogP contribution in [0.5, 0.6) is 0 Å². The Bertz CT molecular complexity index is 172. The predicted molar refractivity (Wildman–Crippen MR) is 60.2 cm³/mol. The lowest BCUT2D eigenvalue weighted by atomic mass is 10.3. The molecular weight excluding hydrogens is 204 g/mol. The fraction of sp³-hybridized carbons (Fsp3) is 0.875. The summed E-state index contributed by atoms with van der Waals surface area (Å²) in [6, 6.07) is -0.201. The lowest BCUT2D eigenvalue weighted by Crippen LogP contribution is -2.42. The molecule has 2 unspecified atom stereocenters. The topological polar surface area (TPSA) is 55.1 Å². The van der Waals surface area contributed by atoms with E-state index in [0.29, 0.717) is 5.25 Å². The average molecular weight is 220 g/mol. The summed E-state index contributed by atoms with van der Waals surface area (Å²) in [6.45, 7) is 2.70. The molecule has 3 nitrogen and oxygen atoms in total. The molecule has 5 heteroatoms. The molecule has 2 atom stereocenters. The number of nitrogens with one attached hydrogen (secondary N) is 1. The summed E-state index contributed by atoms with van der Waals surface area (Å²) in [5.74, 6) is 3.39. The van der Waals surface area contributed by atoms with Crippen molar-refractivity contribution in [1.82, 2.24) is 5.32 Å². The first-order valence-electron chi connectivity index (χ1n) is 4.42. The Morgan fingerprint density at radius 2 is 2.46 bits per heavy atom. The zero-order chi connectivity index (χ0) is 9.68. The normalized spacial score (nSPS) is 25.5. The number of hydrogen-bond donors (Lipinski definition) is 2. The summed E-state index contributed by atoms with van der Waals surface area (Å²) >= 11 is 3.97. The van der Waals surface area contributed by atoms with Crippen molar-refractivity contribution in [3.05, 3.63) is 0 Å². The smallest absolute Gasteiger partial charge is 0.234 e. The lowest BCUT2D eigenvalue weighted by Gasteiger charge is -2.22. The van der Waals surface area contributed by atoms with Gasteiger partial charge < -0.3 is 11.1 Å². The molecule has 0 aliphatic carbocycles. The van der Waals surface area contributed by atoms with Crippen LogP contribution in [-0.2, 0) is 4.79 Å². The van der Waals surface area contributed by atoms with Gasteiger partial charge in [0.2, 0.25) is 5.91 Å². The quantitative estimate of drug-likeness (QED) is 0.715. The predicted octanol–water partition coefficient (Wildman–Crippen LogP) is 0.298. The molecular formula is C8H16N2OS2. The maximum absolute atomic E-state index is 10.7. The van der Waals surface area contributed by atoms with Gasteiger partial charge in [0.05, 0.1) is 6.04 Å². The molecule has 3 N–H and O–H groups in total. The third-order valence-electron chi connectivity index (χ3n) is 1.96. The minimum Gasteiger partial charge on any atom is -0.368 e. The molecule has 0 aromatic heterocycles. The fourth-order valence-corrected chi connectivity index (χ4v) is 3.69. The number of amides is 1. The van der Waals surface area contributed by atoms with E-state index in [1.165, 1.54) is 17.3 Å². The SMILES string of the molecule is CC(NCC1CSCCS1)C(N)=O. The van der Waals surface area contributed by atoms with Crippen molar-refractivity contribution < 1.29 is 4.79 Å². The molecule has 0 bridgehead atoms. The third kappa shape index (κ3) is 4.24. The van der Waals surface area contributed by atoms with Crippen LogP contribution in [0.15, 0.2) is 0 Å². The van der Waals surface area contributed by atoms with Gasteiger partial charge in [-0.1, -0.05) is 0 Å². The minimum atomic E-state index is -0.270. The highest BCUT2D eigenvalue weighted by Gasteiger charge is 2.16. The molecule has 1 fully saturated rings. The highest BCUT2D eigenvalue weighted by Crippen LogP contribution is 2.23. The monoisotopic (exact) mass is 220 g/mol. The summed E-state index contributed by atoms with van der Waals surface area (Å²) in [6.07, 6.45) is 0. The van der Waals surface area contributed by atoms with E-state index >= 15 is 0 Å². The van der Waals surface area contributed by atoms with Crippen LogP contribution in [-0.4, -0.2) is 41.0 Å². The van der Waals surface area contributed by atoms with E-state index in [1.807, 2.05) is 30.4 Å². The van der Waals surface area contributed by atoms with Gasteiger partial charge in [-0.05, 0) is 6.92 Å². The molecule has 1 aliphatic heterocycles. The van der Waals surface area contributed by atoms with E-state index in [9.17, 15) is 4.79 Å². The van der Waals surface area contributed by atoms with E-state index in [1.54, 1.807) is 0 Å². The summed E-state index contributed by atoms with van der Waals surface area (Å²) < 4.78 is 0. The standard InChI is InChI=1S/C8H16N2OS2/c1-6(8(9)11)10-4-7-5-12-2-3-13-7/h6-7,10H,2-5H2,1H3,(H2,9,11). The zero-order valence-electron chi connectivity index (χ0n) is 7.79.